The van der Waals surface area contributed by atoms with E-state index in [-0.39, 0.29) is 12.0 Å². The Balaban J connectivity index is 1.58. The molecule has 3 amide bonds. The standard InChI is InChI=1S/C18H16ClN3O5/c1-26-13-7-6-10(19)8-11(13)17(24)22-21-16(23)9-15-18(25)20-12-4-2-3-5-14(12)27-15/h2-8,15H,9H2,1H3,(H,20,25)(H,21,23)(H,22,24)/t15-/m0/s1. The van der Waals surface area contributed by atoms with Crippen LogP contribution >= 0.6 is 11.6 Å². The average Bonchev–Trinajstić information content (AvgIpc) is 2.66. The van der Waals surface area contributed by atoms with E-state index in [4.69, 9.17) is 21.1 Å². The number of carbonyl (C=O) groups excluding carboxylic acids is 3. The quantitative estimate of drug-likeness (QED) is 0.692. The fourth-order valence-corrected chi connectivity index (χ4v) is 2.67. The molecule has 27 heavy (non-hydrogen) atoms. The predicted octanol–water partition coefficient (Wildman–Crippen LogP) is 1.90. The van der Waals surface area contributed by atoms with Gasteiger partial charge in [0.15, 0.2) is 6.10 Å². The minimum absolute atomic E-state index is 0.158. The van der Waals surface area contributed by atoms with Gasteiger partial charge in [-0.05, 0) is 30.3 Å². The summed E-state index contributed by atoms with van der Waals surface area (Å²) in [6, 6.07) is 11.4. The van der Waals surface area contributed by atoms with E-state index in [0.29, 0.717) is 22.2 Å². The number of anilines is 1. The number of hydrogen-bond acceptors (Lipinski definition) is 5. The summed E-state index contributed by atoms with van der Waals surface area (Å²) in [5.41, 5.74) is 5.21. The lowest BCUT2D eigenvalue weighted by molar-refractivity contribution is -0.130. The third-order valence-corrected chi connectivity index (χ3v) is 4.03. The molecule has 0 saturated carbocycles. The predicted molar refractivity (Wildman–Crippen MR) is 97.7 cm³/mol. The van der Waals surface area contributed by atoms with Gasteiger partial charge in [0.25, 0.3) is 11.8 Å². The van der Waals surface area contributed by atoms with Crippen LogP contribution in [0.2, 0.25) is 5.02 Å². The van der Waals surface area contributed by atoms with Crippen molar-refractivity contribution in [1.82, 2.24) is 10.9 Å². The number of fused-ring (bicyclic) bond motifs is 1. The number of amides is 3. The molecule has 3 N–H and O–H groups in total. The molecule has 1 atom stereocenters. The van der Waals surface area contributed by atoms with E-state index in [1.807, 2.05) is 0 Å². The van der Waals surface area contributed by atoms with E-state index in [0.717, 1.165) is 0 Å². The Morgan fingerprint density at radius 1 is 1.22 bits per heavy atom. The van der Waals surface area contributed by atoms with Crippen molar-refractivity contribution in [2.45, 2.75) is 12.5 Å². The Morgan fingerprint density at radius 3 is 2.78 bits per heavy atom. The lowest BCUT2D eigenvalue weighted by Crippen LogP contribution is -2.46. The molecule has 0 bridgehead atoms. The summed E-state index contributed by atoms with van der Waals surface area (Å²) >= 11 is 5.88. The molecule has 2 aromatic rings. The maximum atomic E-state index is 12.2. The van der Waals surface area contributed by atoms with E-state index in [9.17, 15) is 14.4 Å². The van der Waals surface area contributed by atoms with Crippen LogP contribution in [0.4, 0.5) is 5.69 Å². The van der Waals surface area contributed by atoms with Crippen LogP contribution in [-0.4, -0.2) is 30.9 Å². The van der Waals surface area contributed by atoms with Crippen LogP contribution in [0.5, 0.6) is 11.5 Å². The van der Waals surface area contributed by atoms with Crippen molar-refractivity contribution >= 4 is 35.0 Å². The highest BCUT2D eigenvalue weighted by Gasteiger charge is 2.29. The number of halogens is 1. The zero-order valence-corrected chi connectivity index (χ0v) is 15.0. The van der Waals surface area contributed by atoms with Gasteiger partial charge in [-0.1, -0.05) is 23.7 Å². The number of nitrogens with one attached hydrogen (secondary N) is 3. The molecule has 140 valence electrons. The van der Waals surface area contributed by atoms with E-state index in [2.05, 4.69) is 16.2 Å². The van der Waals surface area contributed by atoms with E-state index in [1.54, 1.807) is 30.3 Å². The Hall–Kier alpha value is -3.26. The molecule has 0 radical (unpaired) electrons. The van der Waals surface area contributed by atoms with Crippen LogP contribution in [0.15, 0.2) is 42.5 Å². The Labute approximate surface area is 159 Å². The van der Waals surface area contributed by atoms with E-state index >= 15 is 0 Å². The molecular formula is C18H16ClN3O5. The second-order valence-electron chi connectivity index (χ2n) is 5.64. The van der Waals surface area contributed by atoms with Crippen molar-refractivity contribution in [2.24, 2.45) is 0 Å². The minimum atomic E-state index is -1.00. The number of benzene rings is 2. The second kappa shape index (κ2) is 7.96. The molecule has 2 aromatic carbocycles. The summed E-state index contributed by atoms with van der Waals surface area (Å²) in [5, 5.41) is 3.01. The lowest BCUT2D eigenvalue weighted by Gasteiger charge is -2.25. The van der Waals surface area contributed by atoms with Gasteiger partial charge in [0.05, 0.1) is 24.8 Å². The maximum Gasteiger partial charge on any atom is 0.273 e. The monoisotopic (exact) mass is 389 g/mol. The van der Waals surface area contributed by atoms with Crippen molar-refractivity contribution in [2.75, 3.05) is 12.4 Å². The molecule has 0 aromatic heterocycles. The highest BCUT2D eigenvalue weighted by Crippen LogP contribution is 2.29. The Kier molecular flexibility index (Phi) is 5.46. The highest BCUT2D eigenvalue weighted by molar-refractivity contribution is 6.31. The number of para-hydroxylation sites is 2. The molecule has 3 rings (SSSR count). The molecule has 0 aliphatic carbocycles. The summed E-state index contributed by atoms with van der Waals surface area (Å²) in [4.78, 5) is 36.3. The van der Waals surface area contributed by atoms with Gasteiger partial charge in [-0.15, -0.1) is 0 Å². The first-order chi connectivity index (χ1) is 13.0. The molecule has 8 nitrogen and oxygen atoms in total. The largest absolute Gasteiger partial charge is 0.496 e. The van der Waals surface area contributed by atoms with Crippen LogP contribution in [0, 0.1) is 0 Å². The third kappa shape index (κ3) is 4.29. The summed E-state index contributed by atoms with van der Waals surface area (Å²) in [6.07, 6.45) is -1.27. The van der Waals surface area contributed by atoms with Crippen molar-refractivity contribution in [3.8, 4) is 11.5 Å². The second-order valence-corrected chi connectivity index (χ2v) is 6.08. The molecule has 0 spiro atoms. The molecule has 0 fully saturated rings. The van der Waals surface area contributed by atoms with Crippen molar-refractivity contribution in [3.63, 3.8) is 0 Å². The van der Waals surface area contributed by atoms with Crippen molar-refractivity contribution in [3.05, 3.63) is 53.1 Å². The first kappa shape index (κ1) is 18.5. The van der Waals surface area contributed by atoms with Crippen LogP contribution in [-0.2, 0) is 9.59 Å². The van der Waals surface area contributed by atoms with Crippen molar-refractivity contribution in [1.29, 1.82) is 0 Å². The zero-order chi connectivity index (χ0) is 19.4. The van der Waals surface area contributed by atoms with Crippen LogP contribution < -0.4 is 25.6 Å². The smallest absolute Gasteiger partial charge is 0.273 e. The van der Waals surface area contributed by atoms with Crippen molar-refractivity contribution < 1.29 is 23.9 Å². The fourth-order valence-electron chi connectivity index (χ4n) is 2.50. The van der Waals surface area contributed by atoms with E-state index < -0.39 is 23.8 Å². The molecule has 0 saturated heterocycles. The van der Waals surface area contributed by atoms with Gasteiger partial charge in [-0.3, -0.25) is 25.2 Å². The Morgan fingerprint density at radius 2 is 2.00 bits per heavy atom. The first-order valence-electron chi connectivity index (χ1n) is 7.97. The lowest BCUT2D eigenvalue weighted by atomic mass is 10.1. The third-order valence-electron chi connectivity index (χ3n) is 3.80. The first-order valence-corrected chi connectivity index (χ1v) is 8.35. The normalized spacial score (nSPS) is 15.0. The van der Waals surface area contributed by atoms with Crippen LogP contribution in [0.3, 0.4) is 0 Å². The minimum Gasteiger partial charge on any atom is -0.496 e. The van der Waals surface area contributed by atoms with Gasteiger partial charge in [0, 0.05) is 5.02 Å². The van der Waals surface area contributed by atoms with Gasteiger partial charge in [-0.25, -0.2) is 0 Å². The molecule has 0 unspecified atom stereocenters. The number of carbonyl (C=O) groups is 3. The van der Waals surface area contributed by atoms with Crippen LogP contribution in [0.25, 0.3) is 0 Å². The van der Waals surface area contributed by atoms with Gasteiger partial charge in [0.1, 0.15) is 11.5 Å². The van der Waals surface area contributed by atoms with Gasteiger partial charge in [0.2, 0.25) is 5.91 Å². The van der Waals surface area contributed by atoms with Gasteiger partial charge < -0.3 is 14.8 Å². The number of hydrazine groups is 1. The molecule has 1 aliphatic rings. The Bertz CT molecular complexity index is 902. The molecule has 1 heterocycles. The summed E-state index contributed by atoms with van der Waals surface area (Å²) in [6.45, 7) is 0. The van der Waals surface area contributed by atoms with Crippen LogP contribution in [0.1, 0.15) is 16.8 Å². The number of hydrogen-bond donors (Lipinski definition) is 3. The molecular weight excluding hydrogens is 374 g/mol. The van der Waals surface area contributed by atoms with E-state index in [1.165, 1.54) is 19.2 Å². The zero-order valence-electron chi connectivity index (χ0n) is 14.2. The van der Waals surface area contributed by atoms with Gasteiger partial charge in [-0.2, -0.15) is 0 Å². The molecule has 1 aliphatic heterocycles. The number of rotatable bonds is 4. The van der Waals surface area contributed by atoms with Gasteiger partial charge >= 0.3 is 0 Å². The summed E-state index contributed by atoms with van der Waals surface area (Å²) in [7, 11) is 1.41. The summed E-state index contributed by atoms with van der Waals surface area (Å²) in [5.74, 6) is -0.863. The maximum absolute atomic E-state index is 12.2. The SMILES string of the molecule is COc1ccc(Cl)cc1C(=O)NNC(=O)C[C@@H]1Oc2ccccc2NC1=O. The average molecular weight is 390 g/mol. The topological polar surface area (TPSA) is 106 Å². The number of ether oxygens (including phenoxy) is 2. The fraction of sp³-hybridized carbons (Fsp3) is 0.167. The molecule has 9 heteroatoms. The number of methoxy groups -OCH3 is 1. The summed E-state index contributed by atoms with van der Waals surface area (Å²) < 4.78 is 10.6. The highest BCUT2D eigenvalue weighted by atomic mass is 35.5.